The molecule has 2 aromatic rings. The van der Waals surface area contributed by atoms with Crippen LogP contribution in [0.4, 0.5) is 5.69 Å². The summed E-state index contributed by atoms with van der Waals surface area (Å²) >= 11 is 11.8. The van der Waals surface area contributed by atoms with Gasteiger partial charge in [0.2, 0.25) is 0 Å². The molecule has 4 heteroatoms. The second-order valence-electron chi connectivity index (χ2n) is 3.40. The molecule has 0 aliphatic heterocycles. The van der Waals surface area contributed by atoms with Crippen LogP contribution in [0.15, 0.2) is 53.6 Å². The van der Waals surface area contributed by atoms with Gasteiger partial charge in [0.15, 0.2) is 0 Å². The number of hydrogen-bond acceptors (Lipinski definition) is 2. The first-order valence-electron chi connectivity index (χ1n) is 5.05. The summed E-state index contributed by atoms with van der Waals surface area (Å²) in [6.07, 6.45) is 1.66. The molecule has 2 rings (SSSR count). The van der Waals surface area contributed by atoms with Crippen LogP contribution >= 0.6 is 23.2 Å². The summed E-state index contributed by atoms with van der Waals surface area (Å²) < 4.78 is 0. The average Bonchev–Trinajstić information content (AvgIpc) is 2.33. The molecule has 17 heavy (non-hydrogen) atoms. The normalized spacial score (nSPS) is 10.7. The minimum absolute atomic E-state index is 0.580. The smallest absolute Gasteiger partial charge is 0.0561 e. The van der Waals surface area contributed by atoms with E-state index >= 15 is 0 Å². The highest BCUT2D eigenvalue weighted by atomic mass is 35.5. The van der Waals surface area contributed by atoms with Crippen molar-refractivity contribution in [2.75, 3.05) is 5.43 Å². The van der Waals surface area contributed by atoms with Crippen LogP contribution < -0.4 is 5.43 Å². The highest BCUT2D eigenvalue weighted by molar-refractivity contribution is 6.36. The van der Waals surface area contributed by atoms with E-state index in [1.807, 2.05) is 36.4 Å². The van der Waals surface area contributed by atoms with Gasteiger partial charge in [-0.1, -0.05) is 47.5 Å². The number of nitrogens with one attached hydrogen (secondary N) is 1. The van der Waals surface area contributed by atoms with E-state index in [1.54, 1.807) is 18.3 Å². The molecule has 2 nitrogen and oxygen atoms in total. The lowest BCUT2D eigenvalue weighted by Gasteiger charge is -2.00. The molecule has 0 bridgehead atoms. The Morgan fingerprint density at radius 1 is 1.00 bits per heavy atom. The maximum atomic E-state index is 6.01. The summed E-state index contributed by atoms with van der Waals surface area (Å²) in [6.45, 7) is 0. The summed E-state index contributed by atoms with van der Waals surface area (Å²) in [5.41, 5.74) is 4.66. The number of halogens is 2. The summed E-state index contributed by atoms with van der Waals surface area (Å²) in [7, 11) is 0. The van der Waals surface area contributed by atoms with Crippen molar-refractivity contribution < 1.29 is 0 Å². The average molecular weight is 265 g/mol. The van der Waals surface area contributed by atoms with Crippen LogP contribution in [-0.4, -0.2) is 6.21 Å². The molecule has 0 saturated carbocycles. The van der Waals surface area contributed by atoms with Crippen LogP contribution in [0.25, 0.3) is 0 Å². The van der Waals surface area contributed by atoms with E-state index < -0.39 is 0 Å². The first kappa shape index (κ1) is 12.0. The SMILES string of the molecule is Clc1ccc(C=NNc2ccccc2)c(Cl)c1. The standard InChI is InChI=1S/C13H10Cl2N2/c14-11-7-6-10(13(15)8-11)9-16-17-12-4-2-1-3-5-12/h1-9,17H. The number of nitrogens with zero attached hydrogens (tertiary/aromatic N) is 1. The van der Waals surface area contributed by atoms with Crippen LogP contribution in [0, 0.1) is 0 Å². The number of hydrazone groups is 1. The third kappa shape index (κ3) is 3.48. The van der Waals surface area contributed by atoms with Gasteiger partial charge in [-0.05, 0) is 24.3 Å². The Balaban J connectivity index is 2.06. The molecule has 2 aromatic carbocycles. The molecule has 0 aromatic heterocycles. The monoisotopic (exact) mass is 264 g/mol. The zero-order valence-corrected chi connectivity index (χ0v) is 10.4. The molecule has 0 atom stereocenters. The Bertz CT molecular complexity index is 524. The zero-order chi connectivity index (χ0) is 12.1. The lowest BCUT2D eigenvalue weighted by molar-refractivity contribution is 1.35. The predicted octanol–water partition coefficient (Wildman–Crippen LogP) is 4.44. The largest absolute Gasteiger partial charge is 0.279 e. The summed E-state index contributed by atoms with van der Waals surface area (Å²) in [6, 6.07) is 15.0. The molecule has 86 valence electrons. The number of rotatable bonds is 3. The fraction of sp³-hybridized carbons (Fsp3) is 0. The van der Waals surface area contributed by atoms with Gasteiger partial charge in [-0.3, -0.25) is 5.43 Å². The van der Waals surface area contributed by atoms with Gasteiger partial charge in [0.1, 0.15) is 0 Å². The van der Waals surface area contributed by atoms with Crippen molar-refractivity contribution in [3.8, 4) is 0 Å². The van der Waals surface area contributed by atoms with E-state index in [-0.39, 0.29) is 0 Å². The van der Waals surface area contributed by atoms with Gasteiger partial charge in [0.25, 0.3) is 0 Å². The highest BCUT2D eigenvalue weighted by Crippen LogP contribution is 2.19. The Morgan fingerprint density at radius 3 is 2.47 bits per heavy atom. The first-order chi connectivity index (χ1) is 8.25. The molecule has 0 aliphatic rings. The fourth-order valence-corrected chi connectivity index (χ4v) is 1.75. The molecular formula is C13H10Cl2N2. The quantitative estimate of drug-likeness (QED) is 0.644. The van der Waals surface area contributed by atoms with Crippen LogP contribution in [0.1, 0.15) is 5.56 Å². The van der Waals surface area contributed by atoms with Crippen molar-refractivity contribution in [3.63, 3.8) is 0 Å². The molecule has 0 spiro atoms. The third-order valence-electron chi connectivity index (χ3n) is 2.13. The van der Waals surface area contributed by atoms with Gasteiger partial charge in [-0.25, -0.2) is 0 Å². The Labute approximate surface area is 110 Å². The van der Waals surface area contributed by atoms with Crippen molar-refractivity contribution in [2.24, 2.45) is 5.10 Å². The number of benzene rings is 2. The summed E-state index contributed by atoms with van der Waals surface area (Å²) in [4.78, 5) is 0. The zero-order valence-electron chi connectivity index (χ0n) is 8.90. The maximum Gasteiger partial charge on any atom is 0.0561 e. The molecule has 0 radical (unpaired) electrons. The van der Waals surface area contributed by atoms with Gasteiger partial charge in [-0.2, -0.15) is 5.10 Å². The number of para-hydroxylation sites is 1. The Kier molecular flexibility index (Phi) is 4.02. The van der Waals surface area contributed by atoms with Gasteiger partial charge >= 0.3 is 0 Å². The molecule has 0 unspecified atom stereocenters. The summed E-state index contributed by atoms with van der Waals surface area (Å²) in [5.74, 6) is 0. The second-order valence-corrected chi connectivity index (χ2v) is 4.25. The molecule has 0 amide bonds. The van der Waals surface area contributed by atoms with Crippen molar-refractivity contribution in [1.82, 2.24) is 0 Å². The van der Waals surface area contributed by atoms with Crippen LogP contribution in [0.3, 0.4) is 0 Å². The molecule has 0 saturated heterocycles. The van der Waals surface area contributed by atoms with Gasteiger partial charge in [0, 0.05) is 10.6 Å². The maximum absolute atomic E-state index is 6.01. The van der Waals surface area contributed by atoms with Gasteiger partial charge in [0.05, 0.1) is 16.9 Å². The minimum Gasteiger partial charge on any atom is -0.279 e. The van der Waals surface area contributed by atoms with Crippen molar-refractivity contribution in [2.45, 2.75) is 0 Å². The number of hydrogen-bond donors (Lipinski definition) is 1. The third-order valence-corrected chi connectivity index (χ3v) is 2.70. The molecule has 0 aliphatic carbocycles. The van der Waals surface area contributed by atoms with Crippen LogP contribution in [-0.2, 0) is 0 Å². The number of anilines is 1. The molecular weight excluding hydrogens is 255 g/mol. The highest BCUT2D eigenvalue weighted by Gasteiger charge is 1.97. The van der Waals surface area contributed by atoms with Crippen LogP contribution in [0.5, 0.6) is 0 Å². The van der Waals surface area contributed by atoms with E-state index in [9.17, 15) is 0 Å². The Morgan fingerprint density at radius 2 is 1.76 bits per heavy atom. The minimum atomic E-state index is 0.580. The fourth-order valence-electron chi connectivity index (χ4n) is 1.30. The van der Waals surface area contributed by atoms with E-state index in [4.69, 9.17) is 23.2 Å². The van der Waals surface area contributed by atoms with Crippen molar-refractivity contribution in [1.29, 1.82) is 0 Å². The van der Waals surface area contributed by atoms with Gasteiger partial charge < -0.3 is 0 Å². The van der Waals surface area contributed by atoms with E-state index in [0.717, 1.165) is 11.3 Å². The first-order valence-corrected chi connectivity index (χ1v) is 5.80. The lowest BCUT2D eigenvalue weighted by Crippen LogP contribution is -1.90. The molecule has 0 heterocycles. The van der Waals surface area contributed by atoms with Crippen LogP contribution in [0.2, 0.25) is 10.0 Å². The van der Waals surface area contributed by atoms with E-state index in [0.29, 0.717) is 10.0 Å². The Hall–Kier alpha value is -1.51. The molecule has 0 fully saturated rings. The van der Waals surface area contributed by atoms with E-state index in [1.165, 1.54) is 0 Å². The van der Waals surface area contributed by atoms with Gasteiger partial charge in [-0.15, -0.1) is 0 Å². The second kappa shape index (κ2) is 5.71. The summed E-state index contributed by atoms with van der Waals surface area (Å²) in [5, 5.41) is 5.29. The van der Waals surface area contributed by atoms with Crippen molar-refractivity contribution in [3.05, 3.63) is 64.1 Å². The van der Waals surface area contributed by atoms with E-state index in [2.05, 4.69) is 10.5 Å². The topological polar surface area (TPSA) is 24.4 Å². The van der Waals surface area contributed by atoms with Crippen molar-refractivity contribution >= 4 is 35.1 Å². The molecule has 1 N–H and O–H groups in total. The predicted molar refractivity (Wildman–Crippen MR) is 74.1 cm³/mol. The lowest BCUT2D eigenvalue weighted by atomic mass is 10.2.